The minimum atomic E-state index is -0.183. The van der Waals surface area contributed by atoms with Crippen LogP contribution in [0.4, 0.5) is 0 Å². The molecule has 5 nitrogen and oxygen atoms in total. The molecule has 0 aromatic heterocycles. The van der Waals surface area contributed by atoms with E-state index in [0.29, 0.717) is 17.9 Å². The summed E-state index contributed by atoms with van der Waals surface area (Å²) in [6, 6.07) is 17.6. The van der Waals surface area contributed by atoms with Crippen molar-refractivity contribution in [3.05, 3.63) is 71.3 Å². The van der Waals surface area contributed by atoms with Crippen molar-refractivity contribution in [1.29, 1.82) is 0 Å². The summed E-state index contributed by atoms with van der Waals surface area (Å²) in [6.45, 7) is 0.594. The van der Waals surface area contributed by atoms with Gasteiger partial charge in [-0.15, -0.1) is 11.8 Å². The highest BCUT2D eigenvalue weighted by Gasteiger charge is 2.32. The summed E-state index contributed by atoms with van der Waals surface area (Å²) in [7, 11) is 0. The fourth-order valence-electron chi connectivity index (χ4n) is 4.10. The average molecular weight is 436 g/mol. The van der Waals surface area contributed by atoms with Gasteiger partial charge in [0.25, 0.3) is 5.91 Å². The van der Waals surface area contributed by atoms with Crippen LogP contribution in [0.3, 0.4) is 0 Å². The van der Waals surface area contributed by atoms with Crippen LogP contribution in [-0.2, 0) is 11.3 Å². The van der Waals surface area contributed by atoms with Gasteiger partial charge in [-0.25, -0.2) is 5.43 Å². The number of nitrogens with zero attached hydrogens (tertiary/aromatic N) is 2. The van der Waals surface area contributed by atoms with E-state index in [1.165, 1.54) is 19.3 Å². The van der Waals surface area contributed by atoms with E-state index in [2.05, 4.69) is 10.5 Å². The molecule has 6 heteroatoms. The third-order valence-electron chi connectivity index (χ3n) is 5.87. The van der Waals surface area contributed by atoms with Crippen LogP contribution >= 0.6 is 11.8 Å². The molecule has 1 aliphatic carbocycles. The smallest absolute Gasteiger partial charge is 0.271 e. The van der Waals surface area contributed by atoms with Crippen molar-refractivity contribution in [2.24, 2.45) is 5.10 Å². The number of hydrazone groups is 1. The molecule has 1 heterocycles. The molecule has 2 aliphatic rings. The summed E-state index contributed by atoms with van der Waals surface area (Å²) < 4.78 is 0. The number of rotatable bonds is 5. The van der Waals surface area contributed by atoms with E-state index in [9.17, 15) is 9.59 Å². The monoisotopic (exact) mass is 435 g/mol. The quantitative estimate of drug-likeness (QED) is 0.649. The Hall–Kier alpha value is -2.60. The minimum absolute atomic E-state index is 0.0278. The van der Waals surface area contributed by atoms with Crippen LogP contribution in [-0.4, -0.2) is 28.2 Å². The molecule has 0 spiro atoms. The maximum absolute atomic E-state index is 12.5. The van der Waals surface area contributed by atoms with Crippen LogP contribution in [0.5, 0.6) is 0 Å². The Kier molecular flexibility index (Phi) is 7.41. The van der Waals surface area contributed by atoms with Gasteiger partial charge in [0.2, 0.25) is 5.91 Å². The molecule has 2 amide bonds. The Labute approximate surface area is 188 Å². The van der Waals surface area contributed by atoms with E-state index >= 15 is 0 Å². The zero-order valence-corrected chi connectivity index (χ0v) is 18.6. The van der Waals surface area contributed by atoms with Crippen molar-refractivity contribution in [2.75, 3.05) is 5.75 Å². The maximum Gasteiger partial charge on any atom is 0.271 e. The van der Waals surface area contributed by atoms with Crippen molar-refractivity contribution in [3.63, 3.8) is 0 Å². The number of nitrogens with one attached hydrogen (secondary N) is 1. The van der Waals surface area contributed by atoms with Gasteiger partial charge in [-0.2, -0.15) is 5.10 Å². The second kappa shape index (κ2) is 10.6. The zero-order chi connectivity index (χ0) is 21.5. The number of thioether (sulfide) groups is 1. The van der Waals surface area contributed by atoms with Crippen molar-refractivity contribution in [3.8, 4) is 0 Å². The molecule has 2 aromatic rings. The van der Waals surface area contributed by atoms with Gasteiger partial charge < -0.3 is 4.90 Å². The summed E-state index contributed by atoms with van der Waals surface area (Å²) in [5, 5.41) is 4.36. The molecule has 0 radical (unpaired) electrons. The van der Waals surface area contributed by atoms with Crippen molar-refractivity contribution in [2.45, 2.75) is 56.9 Å². The van der Waals surface area contributed by atoms with Gasteiger partial charge in [-0.1, -0.05) is 61.7 Å². The van der Waals surface area contributed by atoms with Gasteiger partial charge in [0.15, 0.2) is 0 Å². The van der Waals surface area contributed by atoms with Gasteiger partial charge in [0.05, 0.1) is 5.75 Å². The summed E-state index contributed by atoms with van der Waals surface area (Å²) in [4.78, 5) is 26.9. The van der Waals surface area contributed by atoms with Gasteiger partial charge in [0, 0.05) is 17.8 Å². The zero-order valence-electron chi connectivity index (χ0n) is 17.8. The van der Waals surface area contributed by atoms with Gasteiger partial charge in [-0.05, 0) is 48.9 Å². The molecule has 0 unspecified atom stereocenters. The maximum atomic E-state index is 12.5. The van der Waals surface area contributed by atoms with Crippen molar-refractivity contribution >= 4 is 29.3 Å². The highest BCUT2D eigenvalue weighted by atomic mass is 32.2. The molecule has 0 bridgehead atoms. The van der Waals surface area contributed by atoms with E-state index in [-0.39, 0.29) is 17.2 Å². The highest BCUT2D eigenvalue weighted by molar-refractivity contribution is 8.00. The minimum Gasteiger partial charge on any atom is -0.322 e. The number of hydrogen-bond acceptors (Lipinski definition) is 4. The van der Waals surface area contributed by atoms with Crippen LogP contribution in [0.25, 0.3) is 0 Å². The third kappa shape index (κ3) is 5.76. The Bertz CT molecular complexity index is 918. The van der Waals surface area contributed by atoms with Gasteiger partial charge in [0.1, 0.15) is 5.37 Å². The summed E-state index contributed by atoms with van der Waals surface area (Å²) >= 11 is 1.63. The van der Waals surface area contributed by atoms with E-state index in [0.717, 1.165) is 42.5 Å². The molecule has 2 aromatic carbocycles. The number of amides is 2. The fourth-order valence-corrected chi connectivity index (χ4v) is 5.29. The van der Waals surface area contributed by atoms with Crippen molar-refractivity contribution in [1.82, 2.24) is 10.3 Å². The van der Waals surface area contributed by atoms with Crippen LogP contribution < -0.4 is 5.43 Å². The van der Waals surface area contributed by atoms with Crippen LogP contribution in [0.1, 0.15) is 71.8 Å². The molecular formula is C25H29N3O2S. The second-order valence-electron chi connectivity index (χ2n) is 8.18. The first kappa shape index (κ1) is 21.6. The number of carbonyl (C=O) groups excluding carboxylic acids is 2. The number of carbonyl (C=O) groups is 2. The Morgan fingerprint density at radius 3 is 2.35 bits per heavy atom. The first-order valence-corrected chi connectivity index (χ1v) is 12.2. The Morgan fingerprint density at radius 1 is 0.968 bits per heavy atom. The lowest BCUT2D eigenvalue weighted by atomic mass is 9.99. The molecule has 1 aliphatic heterocycles. The summed E-state index contributed by atoms with van der Waals surface area (Å²) in [5.74, 6) is 0.449. The van der Waals surface area contributed by atoms with E-state index in [1.807, 2.05) is 59.5 Å². The molecule has 2 fully saturated rings. The Morgan fingerprint density at radius 2 is 1.65 bits per heavy atom. The molecule has 1 saturated heterocycles. The predicted molar refractivity (Wildman–Crippen MR) is 126 cm³/mol. The van der Waals surface area contributed by atoms with E-state index in [1.54, 1.807) is 11.8 Å². The second-order valence-corrected chi connectivity index (χ2v) is 9.25. The largest absolute Gasteiger partial charge is 0.322 e. The SMILES string of the molecule is O=C(NN=C1CCCCCCC1)c1ccc([C@@H]2SCC(=O)N2Cc2ccccc2)cc1. The first-order valence-electron chi connectivity index (χ1n) is 11.1. The Balaban J connectivity index is 1.39. The fraction of sp³-hybridized carbons (Fsp3) is 0.400. The molecule has 4 rings (SSSR count). The molecule has 31 heavy (non-hydrogen) atoms. The van der Waals surface area contributed by atoms with E-state index < -0.39 is 0 Å². The normalized spacial score (nSPS) is 19.6. The predicted octanol–water partition coefficient (Wildman–Crippen LogP) is 5.29. The molecule has 1 atom stereocenters. The number of benzene rings is 2. The van der Waals surface area contributed by atoms with Crippen LogP contribution in [0.15, 0.2) is 59.7 Å². The van der Waals surface area contributed by atoms with Crippen LogP contribution in [0, 0.1) is 0 Å². The van der Waals surface area contributed by atoms with Crippen molar-refractivity contribution < 1.29 is 9.59 Å². The van der Waals surface area contributed by atoms with Gasteiger partial charge >= 0.3 is 0 Å². The molecular weight excluding hydrogens is 406 g/mol. The lowest BCUT2D eigenvalue weighted by Crippen LogP contribution is -2.27. The topological polar surface area (TPSA) is 61.8 Å². The lowest BCUT2D eigenvalue weighted by molar-refractivity contribution is -0.128. The highest BCUT2D eigenvalue weighted by Crippen LogP contribution is 2.39. The summed E-state index contributed by atoms with van der Waals surface area (Å²) in [6.07, 6.45) is 8.06. The van der Waals surface area contributed by atoms with Gasteiger partial charge in [-0.3, -0.25) is 9.59 Å². The van der Waals surface area contributed by atoms with E-state index in [4.69, 9.17) is 0 Å². The molecule has 1 saturated carbocycles. The molecule has 162 valence electrons. The number of hydrogen-bond donors (Lipinski definition) is 1. The van der Waals surface area contributed by atoms with Crippen LogP contribution in [0.2, 0.25) is 0 Å². The average Bonchev–Trinajstić information content (AvgIpc) is 3.14. The summed E-state index contributed by atoms with van der Waals surface area (Å²) in [5.41, 5.74) is 6.57. The standard InChI is InChI=1S/C25H29N3O2S/c29-23-18-31-25(28(23)17-19-9-5-4-6-10-19)21-15-13-20(14-16-21)24(30)27-26-22-11-7-2-1-3-8-12-22/h4-6,9-10,13-16,25H,1-3,7-8,11-12,17-18H2,(H,27,30)/t25-/m0/s1. The first-order chi connectivity index (χ1) is 15.2. The third-order valence-corrected chi connectivity index (χ3v) is 7.12. The molecule has 1 N–H and O–H groups in total. The lowest BCUT2D eigenvalue weighted by Gasteiger charge is -2.24.